The largest absolute Gasteiger partial charge is 0.441 e. The fourth-order valence-electron chi connectivity index (χ4n) is 2.36. The van der Waals surface area contributed by atoms with Gasteiger partial charge in [0.15, 0.2) is 11.7 Å². The van der Waals surface area contributed by atoms with Crippen molar-refractivity contribution in [1.29, 1.82) is 0 Å². The van der Waals surface area contributed by atoms with E-state index >= 15 is 0 Å². The Morgan fingerprint density at radius 1 is 1.07 bits per heavy atom. The molecule has 140 valence electrons. The molecule has 0 spiro atoms. The lowest BCUT2D eigenvalue weighted by Gasteiger charge is -2.08. The van der Waals surface area contributed by atoms with Gasteiger partial charge < -0.3 is 9.73 Å². The molecule has 1 aromatic heterocycles. The summed E-state index contributed by atoms with van der Waals surface area (Å²) in [4.78, 5) is 16.1. The maximum atomic E-state index is 12.5. The molecule has 0 saturated heterocycles. The van der Waals surface area contributed by atoms with Gasteiger partial charge in [0.25, 0.3) is 0 Å². The molecule has 1 heterocycles. The second-order valence-electron chi connectivity index (χ2n) is 5.75. The SMILES string of the molecule is O=C(CCc1ncc(-c2ccc(Cl)cc2)o1)Nc1ccc(C(F)(F)F)cc1. The summed E-state index contributed by atoms with van der Waals surface area (Å²) in [5.74, 6) is 0.605. The Hall–Kier alpha value is -2.80. The van der Waals surface area contributed by atoms with Gasteiger partial charge in [0.1, 0.15) is 0 Å². The second kappa shape index (κ2) is 7.84. The summed E-state index contributed by atoms with van der Waals surface area (Å²) in [7, 11) is 0. The zero-order valence-corrected chi connectivity index (χ0v) is 14.6. The quantitative estimate of drug-likeness (QED) is 0.614. The van der Waals surface area contributed by atoms with Gasteiger partial charge in [-0.1, -0.05) is 11.6 Å². The minimum atomic E-state index is -4.41. The van der Waals surface area contributed by atoms with Gasteiger partial charge in [-0.3, -0.25) is 4.79 Å². The van der Waals surface area contributed by atoms with Crippen LogP contribution in [0.5, 0.6) is 0 Å². The van der Waals surface area contributed by atoms with E-state index in [-0.39, 0.29) is 18.7 Å². The van der Waals surface area contributed by atoms with E-state index in [0.717, 1.165) is 17.7 Å². The number of hydrogen-bond donors (Lipinski definition) is 1. The minimum absolute atomic E-state index is 0.0849. The van der Waals surface area contributed by atoms with Crippen LogP contribution in [0.1, 0.15) is 17.9 Å². The normalized spacial score (nSPS) is 11.4. The molecule has 3 rings (SSSR count). The smallest absolute Gasteiger partial charge is 0.416 e. The number of amides is 1. The molecule has 3 aromatic rings. The number of aromatic nitrogens is 1. The number of carbonyl (C=O) groups excluding carboxylic acids is 1. The zero-order valence-electron chi connectivity index (χ0n) is 13.9. The Labute approximate surface area is 158 Å². The molecular formula is C19H14ClF3N2O2. The molecule has 0 aliphatic carbocycles. The van der Waals surface area contributed by atoms with Crippen LogP contribution in [-0.4, -0.2) is 10.9 Å². The van der Waals surface area contributed by atoms with Gasteiger partial charge in [-0.15, -0.1) is 0 Å². The Balaban J connectivity index is 1.54. The van der Waals surface area contributed by atoms with Gasteiger partial charge in [-0.25, -0.2) is 4.98 Å². The fraction of sp³-hybridized carbons (Fsp3) is 0.158. The van der Waals surface area contributed by atoms with E-state index in [9.17, 15) is 18.0 Å². The maximum absolute atomic E-state index is 12.5. The number of hydrogen-bond acceptors (Lipinski definition) is 3. The van der Waals surface area contributed by atoms with E-state index in [1.54, 1.807) is 30.5 Å². The van der Waals surface area contributed by atoms with Crippen LogP contribution in [0.15, 0.2) is 59.1 Å². The number of anilines is 1. The number of benzene rings is 2. The number of alkyl halides is 3. The average molecular weight is 395 g/mol. The van der Waals surface area contributed by atoms with Crippen LogP contribution in [0, 0.1) is 0 Å². The summed E-state index contributed by atoms with van der Waals surface area (Å²) in [6, 6.07) is 11.3. The molecule has 1 N–H and O–H groups in total. The molecule has 0 radical (unpaired) electrons. The van der Waals surface area contributed by atoms with Crippen LogP contribution in [0.25, 0.3) is 11.3 Å². The third kappa shape index (κ3) is 5.10. The van der Waals surface area contributed by atoms with Crippen molar-refractivity contribution < 1.29 is 22.4 Å². The van der Waals surface area contributed by atoms with Gasteiger partial charge in [0, 0.05) is 29.1 Å². The predicted molar refractivity (Wildman–Crippen MR) is 95.3 cm³/mol. The number of aryl methyl sites for hydroxylation is 1. The summed E-state index contributed by atoms with van der Waals surface area (Å²) in [5, 5.41) is 3.15. The van der Waals surface area contributed by atoms with E-state index in [0.29, 0.717) is 22.4 Å². The first-order chi connectivity index (χ1) is 12.8. The molecule has 4 nitrogen and oxygen atoms in total. The first-order valence-electron chi connectivity index (χ1n) is 7.99. The number of halogens is 4. The third-order valence-corrected chi connectivity index (χ3v) is 4.00. The zero-order chi connectivity index (χ0) is 19.4. The number of nitrogens with zero attached hydrogens (tertiary/aromatic N) is 1. The summed E-state index contributed by atoms with van der Waals surface area (Å²) in [5.41, 5.74) is 0.338. The van der Waals surface area contributed by atoms with Crippen LogP contribution >= 0.6 is 11.6 Å². The monoisotopic (exact) mass is 394 g/mol. The van der Waals surface area contributed by atoms with Gasteiger partial charge in [0.2, 0.25) is 5.91 Å². The molecular weight excluding hydrogens is 381 g/mol. The number of nitrogens with one attached hydrogen (secondary N) is 1. The molecule has 2 aromatic carbocycles. The van der Waals surface area contributed by atoms with Crippen molar-refractivity contribution in [3.8, 4) is 11.3 Å². The van der Waals surface area contributed by atoms with E-state index in [2.05, 4.69) is 10.3 Å². The molecule has 8 heteroatoms. The van der Waals surface area contributed by atoms with Crippen LogP contribution < -0.4 is 5.32 Å². The molecule has 0 saturated carbocycles. The molecule has 27 heavy (non-hydrogen) atoms. The first-order valence-corrected chi connectivity index (χ1v) is 8.37. The standard InChI is InChI=1S/C19H14ClF3N2O2/c20-14-5-1-12(2-6-14)16-11-24-18(27-16)10-9-17(26)25-15-7-3-13(4-8-15)19(21,22)23/h1-8,11H,9-10H2,(H,25,26). The molecule has 0 atom stereocenters. The van der Waals surface area contributed by atoms with Crippen molar-refractivity contribution in [3.05, 3.63) is 71.2 Å². The van der Waals surface area contributed by atoms with E-state index < -0.39 is 11.7 Å². The lowest BCUT2D eigenvalue weighted by Crippen LogP contribution is -2.13. The van der Waals surface area contributed by atoms with Gasteiger partial charge in [0.05, 0.1) is 11.8 Å². The van der Waals surface area contributed by atoms with Crippen LogP contribution in [-0.2, 0) is 17.4 Å². The summed E-state index contributed by atoms with van der Waals surface area (Å²) in [6.45, 7) is 0. The van der Waals surface area contributed by atoms with Gasteiger partial charge in [-0.05, 0) is 48.5 Å². The van der Waals surface area contributed by atoms with E-state index in [1.807, 2.05) is 0 Å². The van der Waals surface area contributed by atoms with Crippen molar-refractivity contribution in [3.63, 3.8) is 0 Å². The Morgan fingerprint density at radius 2 is 1.74 bits per heavy atom. The van der Waals surface area contributed by atoms with Crippen LogP contribution in [0.3, 0.4) is 0 Å². The Morgan fingerprint density at radius 3 is 2.37 bits per heavy atom. The molecule has 0 unspecified atom stereocenters. The lowest BCUT2D eigenvalue weighted by atomic mass is 10.2. The molecule has 0 aliphatic heterocycles. The van der Waals surface area contributed by atoms with Crippen molar-refractivity contribution in [2.45, 2.75) is 19.0 Å². The Kier molecular flexibility index (Phi) is 5.51. The van der Waals surface area contributed by atoms with E-state index in [4.69, 9.17) is 16.0 Å². The molecule has 1 amide bonds. The number of rotatable bonds is 5. The summed E-state index contributed by atoms with van der Waals surface area (Å²) >= 11 is 5.84. The van der Waals surface area contributed by atoms with E-state index in [1.165, 1.54) is 12.1 Å². The highest BCUT2D eigenvalue weighted by Gasteiger charge is 2.29. The molecule has 0 bridgehead atoms. The maximum Gasteiger partial charge on any atom is 0.416 e. The number of oxazole rings is 1. The topological polar surface area (TPSA) is 55.1 Å². The predicted octanol–water partition coefficient (Wildman–Crippen LogP) is 5.59. The highest BCUT2D eigenvalue weighted by atomic mass is 35.5. The highest BCUT2D eigenvalue weighted by Crippen LogP contribution is 2.30. The Bertz CT molecular complexity index is 919. The van der Waals surface area contributed by atoms with Gasteiger partial charge >= 0.3 is 6.18 Å². The fourth-order valence-corrected chi connectivity index (χ4v) is 2.49. The number of carbonyl (C=O) groups is 1. The lowest BCUT2D eigenvalue weighted by molar-refractivity contribution is -0.137. The van der Waals surface area contributed by atoms with Gasteiger partial charge in [-0.2, -0.15) is 13.2 Å². The first kappa shape index (κ1) is 19.0. The summed E-state index contributed by atoms with van der Waals surface area (Å²) < 4.78 is 43.2. The van der Waals surface area contributed by atoms with Crippen molar-refractivity contribution in [2.24, 2.45) is 0 Å². The van der Waals surface area contributed by atoms with Crippen molar-refractivity contribution in [2.75, 3.05) is 5.32 Å². The highest BCUT2D eigenvalue weighted by molar-refractivity contribution is 6.30. The van der Waals surface area contributed by atoms with Crippen LogP contribution in [0.2, 0.25) is 5.02 Å². The second-order valence-corrected chi connectivity index (χ2v) is 6.18. The molecule has 0 fully saturated rings. The average Bonchev–Trinajstić information content (AvgIpc) is 3.09. The third-order valence-electron chi connectivity index (χ3n) is 3.74. The summed E-state index contributed by atoms with van der Waals surface area (Å²) in [6.07, 6.45) is -2.50. The minimum Gasteiger partial charge on any atom is -0.441 e. The van der Waals surface area contributed by atoms with Crippen molar-refractivity contribution in [1.82, 2.24) is 4.98 Å². The molecule has 0 aliphatic rings. The van der Waals surface area contributed by atoms with Crippen LogP contribution in [0.4, 0.5) is 18.9 Å². The van der Waals surface area contributed by atoms with Crippen molar-refractivity contribution >= 4 is 23.2 Å².